The summed E-state index contributed by atoms with van der Waals surface area (Å²) in [7, 11) is 0. The predicted octanol–water partition coefficient (Wildman–Crippen LogP) is 3.02. The van der Waals surface area contributed by atoms with Crippen molar-refractivity contribution in [3.05, 3.63) is 69.9 Å². The van der Waals surface area contributed by atoms with E-state index in [1.54, 1.807) is 36.4 Å². The molecule has 9 heteroatoms. The highest BCUT2D eigenvalue weighted by Crippen LogP contribution is 2.15. The number of carbonyl (C=O) groups excluding carboxylic acids is 3. The molecule has 0 aliphatic carbocycles. The van der Waals surface area contributed by atoms with Gasteiger partial charge in [0.15, 0.2) is 0 Å². The Morgan fingerprint density at radius 3 is 2.38 bits per heavy atom. The van der Waals surface area contributed by atoms with Crippen LogP contribution in [0.25, 0.3) is 0 Å². The Morgan fingerprint density at radius 2 is 1.72 bits per heavy atom. The molecule has 0 bridgehead atoms. The molecule has 2 aromatic carbocycles. The van der Waals surface area contributed by atoms with Crippen LogP contribution in [0.2, 0.25) is 0 Å². The van der Waals surface area contributed by atoms with Gasteiger partial charge in [-0.25, -0.2) is 9.18 Å². The first-order valence-electron chi connectivity index (χ1n) is 9.04. The van der Waals surface area contributed by atoms with Gasteiger partial charge in [0.1, 0.15) is 11.9 Å². The fourth-order valence-electron chi connectivity index (χ4n) is 2.47. The van der Waals surface area contributed by atoms with Crippen molar-refractivity contribution >= 4 is 33.8 Å². The Balaban J connectivity index is 1.86. The van der Waals surface area contributed by atoms with E-state index in [4.69, 9.17) is 0 Å². The molecule has 1 atom stereocenters. The second-order valence-electron chi connectivity index (χ2n) is 6.22. The fourth-order valence-corrected chi connectivity index (χ4v) is 2.93. The Kier molecular flexibility index (Phi) is 8.60. The molecule has 7 nitrogen and oxygen atoms in total. The summed E-state index contributed by atoms with van der Waals surface area (Å²) in [6, 6.07) is 11.1. The van der Waals surface area contributed by atoms with Crippen molar-refractivity contribution in [1.29, 1.82) is 0 Å². The molecular weight excluding hydrogens is 443 g/mol. The molecule has 0 aromatic heterocycles. The normalized spacial score (nSPS) is 11.3. The number of urea groups is 1. The van der Waals surface area contributed by atoms with E-state index in [0.717, 1.165) is 5.56 Å². The standard InChI is InChI=1S/C20H22BrFN4O3/c1-2-5-17(24-20(29)23-12-13-8-10-14(22)11-9-13)19(28)26-25-18(27)15-6-3-4-7-16(15)21/h3-4,6-11,17H,2,5,12H2,1H3,(H,25,27)(H,26,28)(H2,23,24,29). The Bertz CT molecular complexity index is 861. The van der Waals surface area contributed by atoms with Crippen molar-refractivity contribution in [2.75, 3.05) is 0 Å². The molecule has 4 amide bonds. The number of hydrogen-bond donors (Lipinski definition) is 4. The minimum absolute atomic E-state index is 0.186. The van der Waals surface area contributed by atoms with Crippen LogP contribution in [0.1, 0.15) is 35.7 Å². The highest BCUT2D eigenvalue weighted by atomic mass is 79.9. The van der Waals surface area contributed by atoms with E-state index in [2.05, 4.69) is 37.4 Å². The van der Waals surface area contributed by atoms with Crippen LogP contribution >= 0.6 is 15.9 Å². The molecule has 0 saturated heterocycles. The summed E-state index contributed by atoms with van der Waals surface area (Å²) in [4.78, 5) is 36.7. The SMILES string of the molecule is CCCC(NC(=O)NCc1ccc(F)cc1)C(=O)NNC(=O)c1ccccc1Br. The number of hydrogen-bond acceptors (Lipinski definition) is 3. The lowest BCUT2D eigenvalue weighted by Gasteiger charge is -2.18. The van der Waals surface area contributed by atoms with Crippen molar-refractivity contribution < 1.29 is 18.8 Å². The van der Waals surface area contributed by atoms with E-state index in [9.17, 15) is 18.8 Å². The first kappa shape index (κ1) is 22.4. The van der Waals surface area contributed by atoms with Crippen molar-refractivity contribution in [2.24, 2.45) is 0 Å². The number of amides is 4. The van der Waals surface area contributed by atoms with Gasteiger partial charge in [-0.05, 0) is 52.2 Å². The molecule has 0 radical (unpaired) electrons. The lowest BCUT2D eigenvalue weighted by Crippen LogP contribution is -2.54. The van der Waals surface area contributed by atoms with E-state index < -0.39 is 23.9 Å². The Morgan fingerprint density at radius 1 is 1.03 bits per heavy atom. The molecule has 2 rings (SSSR count). The number of benzene rings is 2. The molecule has 0 heterocycles. The van der Waals surface area contributed by atoms with Crippen LogP contribution < -0.4 is 21.5 Å². The Labute approximate surface area is 176 Å². The smallest absolute Gasteiger partial charge is 0.315 e. The van der Waals surface area contributed by atoms with E-state index in [1.165, 1.54) is 12.1 Å². The number of carbonyl (C=O) groups is 3. The molecule has 0 fully saturated rings. The molecule has 0 aliphatic rings. The van der Waals surface area contributed by atoms with Gasteiger partial charge in [-0.3, -0.25) is 20.4 Å². The van der Waals surface area contributed by atoms with Gasteiger partial charge in [0.25, 0.3) is 11.8 Å². The van der Waals surface area contributed by atoms with Crippen LogP contribution in [-0.2, 0) is 11.3 Å². The number of halogens is 2. The van der Waals surface area contributed by atoms with Gasteiger partial charge in [-0.15, -0.1) is 0 Å². The highest BCUT2D eigenvalue weighted by Gasteiger charge is 2.21. The molecule has 29 heavy (non-hydrogen) atoms. The van der Waals surface area contributed by atoms with Crippen LogP contribution in [-0.4, -0.2) is 23.9 Å². The van der Waals surface area contributed by atoms with E-state index in [0.29, 0.717) is 22.9 Å². The second-order valence-corrected chi connectivity index (χ2v) is 7.07. The second kappa shape index (κ2) is 11.2. The molecular formula is C20H22BrFN4O3. The fraction of sp³-hybridized carbons (Fsp3) is 0.250. The third-order valence-electron chi connectivity index (χ3n) is 3.98. The van der Waals surface area contributed by atoms with Crippen LogP contribution in [0.15, 0.2) is 53.0 Å². The number of hydrazine groups is 1. The topological polar surface area (TPSA) is 99.3 Å². The average molecular weight is 465 g/mol. The monoisotopic (exact) mass is 464 g/mol. The van der Waals surface area contributed by atoms with Crippen LogP contribution in [0.5, 0.6) is 0 Å². The van der Waals surface area contributed by atoms with Gasteiger partial charge in [-0.1, -0.05) is 37.6 Å². The van der Waals surface area contributed by atoms with Crippen molar-refractivity contribution in [1.82, 2.24) is 21.5 Å². The maximum Gasteiger partial charge on any atom is 0.315 e. The van der Waals surface area contributed by atoms with Crippen molar-refractivity contribution in [3.63, 3.8) is 0 Å². The largest absolute Gasteiger partial charge is 0.334 e. The summed E-state index contributed by atoms with van der Waals surface area (Å²) >= 11 is 3.27. The maximum absolute atomic E-state index is 12.9. The molecule has 2 aromatic rings. The van der Waals surface area contributed by atoms with E-state index >= 15 is 0 Å². The molecule has 1 unspecified atom stereocenters. The first-order valence-corrected chi connectivity index (χ1v) is 9.83. The third kappa shape index (κ3) is 7.19. The minimum Gasteiger partial charge on any atom is -0.334 e. The minimum atomic E-state index is -0.826. The van der Waals surface area contributed by atoms with Gasteiger partial charge in [0.2, 0.25) is 0 Å². The average Bonchev–Trinajstić information content (AvgIpc) is 2.71. The van der Waals surface area contributed by atoms with Crippen molar-refractivity contribution in [3.8, 4) is 0 Å². The number of rotatable bonds is 7. The molecule has 154 valence electrons. The van der Waals surface area contributed by atoms with E-state index in [-0.39, 0.29) is 12.4 Å². The summed E-state index contributed by atoms with van der Waals surface area (Å²) in [5.41, 5.74) is 5.76. The summed E-state index contributed by atoms with van der Waals surface area (Å²) in [6.07, 6.45) is 1.04. The van der Waals surface area contributed by atoms with Gasteiger partial charge in [-0.2, -0.15) is 0 Å². The zero-order chi connectivity index (χ0) is 21.2. The lowest BCUT2D eigenvalue weighted by molar-refractivity contribution is -0.123. The van der Waals surface area contributed by atoms with Crippen molar-refractivity contribution in [2.45, 2.75) is 32.4 Å². The first-order chi connectivity index (χ1) is 13.9. The van der Waals surface area contributed by atoms with Crippen LogP contribution in [0.4, 0.5) is 9.18 Å². The quantitative estimate of drug-likeness (QED) is 0.473. The summed E-state index contributed by atoms with van der Waals surface area (Å²) in [6.45, 7) is 2.06. The zero-order valence-corrected chi connectivity index (χ0v) is 17.4. The maximum atomic E-state index is 12.9. The van der Waals surface area contributed by atoms with Gasteiger partial charge in [0.05, 0.1) is 5.56 Å². The molecule has 0 saturated carbocycles. The highest BCUT2D eigenvalue weighted by molar-refractivity contribution is 9.10. The molecule has 0 aliphatic heterocycles. The van der Waals surface area contributed by atoms with Gasteiger partial charge < -0.3 is 10.6 Å². The summed E-state index contributed by atoms with van der Waals surface area (Å²) in [5.74, 6) is -1.38. The summed E-state index contributed by atoms with van der Waals surface area (Å²) < 4.78 is 13.5. The molecule has 0 spiro atoms. The third-order valence-corrected chi connectivity index (χ3v) is 4.67. The predicted molar refractivity (Wildman–Crippen MR) is 110 cm³/mol. The van der Waals surface area contributed by atoms with Crippen LogP contribution in [0.3, 0.4) is 0 Å². The summed E-state index contributed by atoms with van der Waals surface area (Å²) in [5, 5.41) is 5.19. The lowest BCUT2D eigenvalue weighted by atomic mass is 10.1. The van der Waals surface area contributed by atoms with Gasteiger partial charge in [0, 0.05) is 11.0 Å². The van der Waals surface area contributed by atoms with Gasteiger partial charge >= 0.3 is 6.03 Å². The zero-order valence-electron chi connectivity index (χ0n) is 15.8. The Hall–Kier alpha value is -2.94. The molecule has 4 N–H and O–H groups in total. The number of nitrogens with one attached hydrogen (secondary N) is 4. The van der Waals surface area contributed by atoms with E-state index in [1.807, 2.05) is 6.92 Å². The van der Waals surface area contributed by atoms with Crippen LogP contribution in [0, 0.1) is 5.82 Å².